The maximum atomic E-state index is 11.7. The van der Waals surface area contributed by atoms with E-state index in [1.807, 2.05) is 45.9 Å². The second-order valence-corrected chi connectivity index (χ2v) is 5.09. The molecule has 0 bridgehead atoms. The molecule has 1 heterocycles. The van der Waals surface area contributed by atoms with Crippen LogP contribution in [0.15, 0.2) is 18.2 Å². The van der Waals surface area contributed by atoms with E-state index in [0.29, 0.717) is 12.4 Å². The maximum absolute atomic E-state index is 11.7. The molecule has 0 spiro atoms. The number of carbonyl (C=O) groups excluding carboxylic acids is 1. The summed E-state index contributed by atoms with van der Waals surface area (Å²) in [6, 6.07) is 5.88. The molecule has 1 aliphatic rings. The molecule has 0 aromatic heterocycles. The molecule has 1 aromatic rings. The van der Waals surface area contributed by atoms with Crippen LogP contribution in [-0.2, 0) is 15.1 Å². The molecule has 0 N–H and O–H groups in total. The van der Waals surface area contributed by atoms with Crippen molar-refractivity contribution < 1.29 is 14.3 Å². The van der Waals surface area contributed by atoms with E-state index in [2.05, 4.69) is 0 Å². The first-order chi connectivity index (χ1) is 7.92. The zero-order chi connectivity index (χ0) is 12.6. The zero-order valence-electron chi connectivity index (χ0n) is 10.7. The first-order valence-corrected chi connectivity index (χ1v) is 5.89. The highest BCUT2D eigenvalue weighted by Gasteiger charge is 2.43. The Morgan fingerprint density at radius 1 is 1.47 bits per heavy atom. The van der Waals surface area contributed by atoms with Crippen LogP contribution in [0.5, 0.6) is 5.75 Å². The Labute approximate surface area is 102 Å². The third-order valence-electron chi connectivity index (χ3n) is 2.97. The number of epoxide rings is 1. The van der Waals surface area contributed by atoms with Crippen LogP contribution in [0.3, 0.4) is 0 Å². The Morgan fingerprint density at radius 3 is 2.65 bits per heavy atom. The smallest absolute Gasteiger partial charge is 0.313 e. The second-order valence-electron chi connectivity index (χ2n) is 5.09. The molecule has 1 aliphatic heterocycles. The highest BCUT2D eigenvalue weighted by Crippen LogP contribution is 2.43. The largest absolute Gasteiger partial charge is 0.426 e. The lowest BCUT2D eigenvalue weighted by Gasteiger charge is -2.14. The van der Waals surface area contributed by atoms with E-state index in [9.17, 15) is 4.79 Å². The summed E-state index contributed by atoms with van der Waals surface area (Å²) in [6.07, 6.45) is 0. The quantitative estimate of drug-likeness (QED) is 0.458. The van der Waals surface area contributed by atoms with Crippen molar-refractivity contribution in [3.05, 3.63) is 29.3 Å². The number of hydrogen-bond donors (Lipinski definition) is 0. The molecule has 0 saturated carbocycles. The fraction of sp³-hybridized carbons (Fsp3) is 0.500. The average molecular weight is 234 g/mol. The third-order valence-corrected chi connectivity index (χ3v) is 2.97. The summed E-state index contributed by atoms with van der Waals surface area (Å²) in [5.41, 5.74) is 1.75. The minimum atomic E-state index is -0.277. The van der Waals surface area contributed by atoms with E-state index in [1.54, 1.807) is 0 Å². The van der Waals surface area contributed by atoms with Crippen molar-refractivity contribution in [2.24, 2.45) is 5.92 Å². The van der Waals surface area contributed by atoms with Crippen LogP contribution >= 0.6 is 0 Å². The minimum absolute atomic E-state index is 0.128. The number of rotatable bonds is 3. The highest BCUT2D eigenvalue weighted by molar-refractivity contribution is 5.75. The number of hydrogen-bond acceptors (Lipinski definition) is 3. The molecule has 1 atom stereocenters. The predicted molar refractivity (Wildman–Crippen MR) is 65.0 cm³/mol. The number of aryl methyl sites for hydroxylation is 1. The SMILES string of the molecule is Cc1ccc([C@]2(C)CO2)c(OC(=O)C(C)C)c1. The second kappa shape index (κ2) is 4.15. The number of ether oxygens (including phenoxy) is 2. The summed E-state index contributed by atoms with van der Waals surface area (Å²) in [6.45, 7) is 8.32. The molecule has 1 aromatic carbocycles. The van der Waals surface area contributed by atoms with E-state index in [-0.39, 0.29) is 17.5 Å². The summed E-state index contributed by atoms with van der Waals surface area (Å²) in [5, 5.41) is 0. The lowest BCUT2D eigenvalue weighted by atomic mass is 9.99. The summed E-state index contributed by atoms with van der Waals surface area (Å²) < 4.78 is 10.8. The predicted octanol–water partition coefficient (Wildman–Crippen LogP) is 2.80. The molecule has 92 valence electrons. The minimum Gasteiger partial charge on any atom is -0.426 e. The van der Waals surface area contributed by atoms with Gasteiger partial charge in [0.05, 0.1) is 12.5 Å². The summed E-state index contributed by atoms with van der Waals surface area (Å²) >= 11 is 0. The van der Waals surface area contributed by atoms with Crippen LogP contribution in [0.4, 0.5) is 0 Å². The summed E-state index contributed by atoms with van der Waals surface area (Å²) in [5.74, 6) is 0.293. The lowest BCUT2D eigenvalue weighted by molar-refractivity contribution is -0.137. The summed E-state index contributed by atoms with van der Waals surface area (Å²) in [4.78, 5) is 11.7. The van der Waals surface area contributed by atoms with E-state index in [0.717, 1.165) is 11.1 Å². The monoisotopic (exact) mass is 234 g/mol. The average Bonchev–Trinajstić information content (AvgIpc) is 2.97. The molecule has 0 radical (unpaired) electrons. The molecule has 1 fully saturated rings. The molecule has 1 saturated heterocycles. The molecule has 0 amide bonds. The van der Waals surface area contributed by atoms with Gasteiger partial charge in [-0.3, -0.25) is 4.79 Å². The molecule has 17 heavy (non-hydrogen) atoms. The first kappa shape index (κ1) is 12.1. The standard InChI is InChI=1S/C14H18O3/c1-9(2)13(15)17-12-7-10(3)5-6-11(12)14(4)8-16-14/h5-7,9H,8H2,1-4H3/t14-/m0/s1. The van der Waals surface area contributed by atoms with Gasteiger partial charge in [0.1, 0.15) is 11.4 Å². The van der Waals surface area contributed by atoms with Crippen LogP contribution in [-0.4, -0.2) is 12.6 Å². The van der Waals surface area contributed by atoms with Crippen molar-refractivity contribution >= 4 is 5.97 Å². The van der Waals surface area contributed by atoms with Gasteiger partial charge in [0.15, 0.2) is 0 Å². The molecule has 3 nitrogen and oxygen atoms in total. The fourth-order valence-electron chi connectivity index (χ4n) is 1.64. The van der Waals surface area contributed by atoms with Gasteiger partial charge in [-0.1, -0.05) is 26.0 Å². The van der Waals surface area contributed by atoms with E-state index in [4.69, 9.17) is 9.47 Å². The Hall–Kier alpha value is -1.35. The van der Waals surface area contributed by atoms with Crippen molar-refractivity contribution in [3.63, 3.8) is 0 Å². The fourth-order valence-corrected chi connectivity index (χ4v) is 1.64. The van der Waals surface area contributed by atoms with E-state index in [1.165, 1.54) is 0 Å². The highest BCUT2D eigenvalue weighted by atomic mass is 16.6. The van der Waals surface area contributed by atoms with Crippen LogP contribution in [0, 0.1) is 12.8 Å². The summed E-state index contributed by atoms with van der Waals surface area (Å²) in [7, 11) is 0. The Morgan fingerprint density at radius 2 is 2.12 bits per heavy atom. The van der Waals surface area contributed by atoms with Crippen LogP contribution in [0.2, 0.25) is 0 Å². The maximum Gasteiger partial charge on any atom is 0.313 e. The van der Waals surface area contributed by atoms with Gasteiger partial charge in [-0.05, 0) is 25.5 Å². The zero-order valence-corrected chi connectivity index (χ0v) is 10.7. The molecule has 2 rings (SSSR count). The van der Waals surface area contributed by atoms with Crippen molar-refractivity contribution in [1.82, 2.24) is 0 Å². The van der Waals surface area contributed by atoms with E-state index < -0.39 is 0 Å². The van der Waals surface area contributed by atoms with Gasteiger partial charge in [-0.2, -0.15) is 0 Å². The Kier molecular flexibility index (Phi) is 2.96. The molecule has 0 unspecified atom stereocenters. The van der Waals surface area contributed by atoms with Gasteiger partial charge in [0.2, 0.25) is 0 Å². The third kappa shape index (κ3) is 2.50. The normalized spacial score (nSPS) is 22.6. The molecular weight excluding hydrogens is 216 g/mol. The first-order valence-electron chi connectivity index (χ1n) is 5.89. The number of esters is 1. The van der Waals surface area contributed by atoms with Crippen molar-refractivity contribution in [1.29, 1.82) is 0 Å². The van der Waals surface area contributed by atoms with Crippen LogP contribution in [0.1, 0.15) is 31.9 Å². The van der Waals surface area contributed by atoms with Gasteiger partial charge in [0, 0.05) is 5.56 Å². The Bertz CT molecular complexity index is 445. The van der Waals surface area contributed by atoms with Crippen LogP contribution in [0.25, 0.3) is 0 Å². The Balaban J connectivity index is 2.31. The van der Waals surface area contributed by atoms with Gasteiger partial charge >= 0.3 is 5.97 Å². The van der Waals surface area contributed by atoms with Gasteiger partial charge in [-0.15, -0.1) is 0 Å². The van der Waals surface area contributed by atoms with Crippen molar-refractivity contribution in [2.45, 2.75) is 33.3 Å². The van der Waals surface area contributed by atoms with E-state index >= 15 is 0 Å². The lowest BCUT2D eigenvalue weighted by Crippen LogP contribution is -2.17. The molecular formula is C14H18O3. The topological polar surface area (TPSA) is 38.8 Å². The number of carbonyl (C=O) groups is 1. The van der Waals surface area contributed by atoms with Crippen molar-refractivity contribution in [3.8, 4) is 5.75 Å². The van der Waals surface area contributed by atoms with Gasteiger partial charge < -0.3 is 9.47 Å². The van der Waals surface area contributed by atoms with Crippen LogP contribution < -0.4 is 4.74 Å². The van der Waals surface area contributed by atoms with Gasteiger partial charge in [-0.25, -0.2) is 0 Å². The van der Waals surface area contributed by atoms with Crippen molar-refractivity contribution in [2.75, 3.05) is 6.61 Å². The molecule has 0 aliphatic carbocycles. The van der Waals surface area contributed by atoms with Gasteiger partial charge in [0.25, 0.3) is 0 Å². The number of benzene rings is 1. The molecule has 3 heteroatoms.